The predicted octanol–water partition coefficient (Wildman–Crippen LogP) is 7.29. The molecular formula is C37H50O8. The molecule has 0 saturated heterocycles. The zero-order valence-corrected chi connectivity index (χ0v) is 27.6. The number of aliphatic carboxylic acids is 2. The van der Waals surface area contributed by atoms with Crippen LogP contribution in [-0.4, -0.2) is 44.4 Å². The normalized spacial score (nSPS) is 44.5. The first-order valence-corrected chi connectivity index (χ1v) is 16.7. The van der Waals surface area contributed by atoms with E-state index in [1.54, 1.807) is 0 Å². The van der Waals surface area contributed by atoms with Gasteiger partial charge in [-0.2, -0.15) is 0 Å². The Morgan fingerprint density at radius 1 is 0.844 bits per heavy atom. The highest BCUT2D eigenvalue weighted by Crippen LogP contribution is 2.79. The number of rotatable bonds is 5. The van der Waals surface area contributed by atoms with Gasteiger partial charge in [-0.05, 0) is 122 Å². The Balaban J connectivity index is 1.40. The van der Waals surface area contributed by atoms with Crippen LogP contribution in [0.1, 0.15) is 103 Å². The number of ether oxygens (including phenoxy) is 1. The van der Waals surface area contributed by atoms with Crippen molar-refractivity contribution in [1.82, 2.24) is 0 Å². The summed E-state index contributed by atoms with van der Waals surface area (Å²) in [7, 11) is 0. The van der Waals surface area contributed by atoms with Crippen molar-refractivity contribution < 1.29 is 39.5 Å². The lowest BCUT2D eigenvalue weighted by Crippen LogP contribution is -2.65. The van der Waals surface area contributed by atoms with Crippen molar-refractivity contribution in [3.05, 3.63) is 35.9 Å². The van der Waals surface area contributed by atoms with E-state index in [0.29, 0.717) is 12.8 Å². The fourth-order valence-corrected chi connectivity index (χ4v) is 12.8. The van der Waals surface area contributed by atoms with Gasteiger partial charge in [0.1, 0.15) is 12.0 Å². The van der Waals surface area contributed by atoms with E-state index in [1.165, 1.54) is 12.1 Å². The Kier molecular flexibility index (Phi) is 7.08. The van der Waals surface area contributed by atoms with Crippen molar-refractivity contribution in [3.63, 3.8) is 0 Å². The summed E-state index contributed by atoms with van der Waals surface area (Å²) in [6, 6.07) is 3.73. The Bertz CT molecular complexity index is 1460. The van der Waals surface area contributed by atoms with E-state index in [9.17, 15) is 34.8 Å². The van der Waals surface area contributed by atoms with Gasteiger partial charge >= 0.3 is 17.9 Å². The molecule has 5 saturated carbocycles. The van der Waals surface area contributed by atoms with Gasteiger partial charge in [0.25, 0.3) is 0 Å². The number of hydrogen-bond acceptors (Lipinski definition) is 6. The van der Waals surface area contributed by atoms with Crippen LogP contribution in [0.2, 0.25) is 0 Å². The fraction of sp³-hybridized carbons (Fsp3) is 0.703. The highest BCUT2D eigenvalue weighted by Gasteiger charge is 2.76. The molecule has 8 heteroatoms. The summed E-state index contributed by atoms with van der Waals surface area (Å²) < 4.78 is 6.13. The van der Waals surface area contributed by atoms with Crippen LogP contribution in [0.25, 0.3) is 0 Å². The molecule has 0 aliphatic heterocycles. The number of fused-ring (bicyclic) bond motifs is 7. The van der Waals surface area contributed by atoms with Gasteiger partial charge in [0.15, 0.2) is 11.5 Å². The number of phenols is 2. The second-order valence-corrected chi connectivity index (χ2v) is 16.7. The fourth-order valence-electron chi connectivity index (χ4n) is 12.8. The molecule has 0 spiro atoms. The number of benzene rings is 1. The quantitative estimate of drug-likeness (QED) is 0.152. The van der Waals surface area contributed by atoms with Crippen LogP contribution >= 0.6 is 0 Å². The number of hydrogen-bond donors (Lipinski definition) is 4. The number of aromatic hydroxyl groups is 2. The zero-order chi connectivity index (χ0) is 33.1. The molecule has 0 amide bonds. The van der Waals surface area contributed by atoms with Crippen LogP contribution < -0.4 is 0 Å². The second kappa shape index (κ2) is 9.98. The second-order valence-electron chi connectivity index (χ2n) is 16.7. The molecule has 5 fully saturated rings. The summed E-state index contributed by atoms with van der Waals surface area (Å²) in [5.41, 5.74) is -1.28. The van der Waals surface area contributed by atoms with E-state index in [4.69, 9.17) is 4.74 Å². The van der Waals surface area contributed by atoms with Crippen molar-refractivity contribution in [2.45, 2.75) is 99.0 Å². The Hall–Kier alpha value is -3.03. The van der Waals surface area contributed by atoms with Gasteiger partial charge in [-0.25, -0.2) is 4.79 Å². The van der Waals surface area contributed by atoms with Crippen LogP contribution in [0.5, 0.6) is 11.5 Å². The summed E-state index contributed by atoms with van der Waals surface area (Å²) in [6.07, 6.45) is 5.49. The van der Waals surface area contributed by atoms with E-state index in [-0.39, 0.29) is 51.7 Å². The van der Waals surface area contributed by atoms with Crippen molar-refractivity contribution in [2.75, 3.05) is 0 Å². The van der Waals surface area contributed by atoms with Gasteiger partial charge < -0.3 is 25.2 Å². The highest BCUT2D eigenvalue weighted by molar-refractivity contribution is 5.90. The first-order valence-electron chi connectivity index (χ1n) is 16.7. The van der Waals surface area contributed by atoms with E-state index >= 15 is 0 Å². The lowest BCUT2D eigenvalue weighted by atomic mass is 9.34. The van der Waals surface area contributed by atoms with Crippen molar-refractivity contribution in [3.8, 4) is 11.5 Å². The molecule has 0 aromatic heterocycles. The summed E-state index contributed by atoms with van der Waals surface area (Å²) in [5, 5.41) is 41.3. The number of carboxylic acids is 2. The van der Waals surface area contributed by atoms with Crippen molar-refractivity contribution >= 4 is 17.9 Å². The van der Waals surface area contributed by atoms with Crippen LogP contribution in [0, 0.1) is 62.6 Å². The summed E-state index contributed by atoms with van der Waals surface area (Å²) in [4.78, 5) is 39.7. The molecule has 0 bridgehead atoms. The Morgan fingerprint density at radius 2 is 1.53 bits per heavy atom. The number of esters is 1. The molecule has 0 radical (unpaired) electrons. The molecule has 5 aliphatic rings. The lowest BCUT2D eigenvalue weighted by molar-refractivity contribution is -0.228. The molecule has 1 aromatic rings. The average Bonchev–Trinajstić information content (AvgIpc) is 3.43. The highest BCUT2D eigenvalue weighted by atomic mass is 16.5. The van der Waals surface area contributed by atoms with Crippen LogP contribution in [0.3, 0.4) is 0 Å². The molecule has 11 atom stereocenters. The third-order valence-electron chi connectivity index (χ3n) is 15.0. The minimum absolute atomic E-state index is 0.00769. The smallest absolute Gasteiger partial charge is 0.338 e. The molecule has 4 N–H and O–H groups in total. The number of allylic oxidation sites excluding steroid dienone is 1. The van der Waals surface area contributed by atoms with Crippen molar-refractivity contribution in [1.29, 1.82) is 0 Å². The third-order valence-corrected chi connectivity index (χ3v) is 15.0. The Labute approximate surface area is 266 Å². The number of carboxylic acid groups (broad SMARTS) is 2. The SMILES string of the molecule is C=C(C)[C@@H]1CC[C@]2(C(=O)O)CC[C@]3(C)[C@H](CC[C@@H]4[C@@]5(C)[C@@H](C(=O)O)[C@H](OC(=O)c6ccc(O)c(O)c6)C(C)(C)[C@@H]5CC[C@]43C)[C@@H]12. The first-order chi connectivity index (χ1) is 20.9. The maximum Gasteiger partial charge on any atom is 0.338 e. The number of carbonyl (C=O) groups excluding carboxylic acids is 1. The standard InChI is InChI=1S/C37H50O8/c1-19(2)21-12-15-37(32(43)44)17-16-34(5)22(27(21)37)9-11-26-35(34,6)14-13-25-33(3,4)29(28(30(40)41)36(25,26)7)45-31(42)20-8-10-23(38)24(39)18-20/h8,10,18,21-22,25-29,38-39H,1,9,11-17H2,2-7H3,(H,40,41)(H,43,44)/t21-,22+,25-,26-,27+,28+,29-,34+,35+,36-,37-/m0/s1. The summed E-state index contributed by atoms with van der Waals surface area (Å²) in [5.74, 6) is -3.64. The van der Waals surface area contributed by atoms with E-state index in [0.717, 1.165) is 50.2 Å². The predicted molar refractivity (Wildman–Crippen MR) is 167 cm³/mol. The molecule has 45 heavy (non-hydrogen) atoms. The zero-order valence-electron chi connectivity index (χ0n) is 27.6. The van der Waals surface area contributed by atoms with Gasteiger partial charge in [-0.1, -0.05) is 46.8 Å². The van der Waals surface area contributed by atoms with Gasteiger partial charge in [0, 0.05) is 5.41 Å². The van der Waals surface area contributed by atoms with Crippen LogP contribution in [-0.2, 0) is 14.3 Å². The molecular weight excluding hydrogens is 572 g/mol. The lowest BCUT2D eigenvalue weighted by Gasteiger charge is -2.70. The number of phenolic OH excluding ortho intramolecular Hbond substituents is 2. The Morgan fingerprint density at radius 3 is 2.13 bits per heavy atom. The molecule has 5 aliphatic carbocycles. The largest absolute Gasteiger partial charge is 0.504 e. The summed E-state index contributed by atoms with van der Waals surface area (Å²) >= 11 is 0. The molecule has 1 aromatic carbocycles. The molecule has 0 heterocycles. The monoisotopic (exact) mass is 622 g/mol. The molecule has 6 rings (SSSR count). The average molecular weight is 623 g/mol. The molecule has 0 unspecified atom stereocenters. The maximum atomic E-state index is 13.4. The maximum absolute atomic E-state index is 13.4. The van der Waals surface area contributed by atoms with Gasteiger partial charge in [-0.3, -0.25) is 9.59 Å². The van der Waals surface area contributed by atoms with Gasteiger partial charge in [0.2, 0.25) is 0 Å². The first kappa shape index (κ1) is 31.9. The molecule has 246 valence electrons. The topological polar surface area (TPSA) is 141 Å². The van der Waals surface area contributed by atoms with Crippen LogP contribution in [0.4, 0.5) is 0 Å². The number of carbonyl (C=O) groups is 3. The van der Waals surface area contributed by atoms with E-state index in [2.05, 4.69) is 27.4 Å². The van der Waals surface area contributed by atoms with Gasteiger partial charge in [-0.15, -0.1) is 0 Å². The van der Waals surface area contributed by atoms with E-state index in [1.807, 2.05) is 20.8 Å². The van der Waals surface area contributed by atoms with E-state index < -0.39 is 51.9 Å². The minimum atomic E-state index is -0.970. The minimum Gasteiger partial charge on any atom is -0.504 e. The van der Waals surface area contributed by atoms with Gasteiger partial charge in [0.05, 0.1) is 11.0 Å². The molecule has 8 nitrogen and oxygen atoms in total. The summed E-state index contributed by atoms with van der Waals surface area (Å²) in [6.45, 7) is 17.3. The third kappa shape index (κ3) is 3.98. The van der Waals surface area contributed by atoms with Crippen LogP contribution in [0.15, 0.2) is 30.4 Å². The van der Waals surface area contributed by atoms with Crippen molar-refractivity contribution in [2.24, 2.45) is 62.6 Å².